The minimum Gasteiger partial charge on any atom is -0.319 e. The first-order valence-corrected chi connectivity index (χ1v) is 6.97. The average molecular weight is 228 g/mol. The van der Waals surface area contributed by atoms with Crippen molar-refractivity contribution in [1.82, 2.24) is 10.2 Å². The second-order valence-electron chi connectivity index (χ2n) is 5.06. The van der Waals surface area contributed by atoms with Gasteiger partial charge in [0.05, 0.1) is 0 Å². The van der Waals surface area contributed by atoms with Gasteiger partial charge in [0.1, 0.15) is 0 Å². The Morgan fingerprint density at radius 1 is 1.12 bits per heavy atom. The molecule has 0 saturated carbocycles. The first-order valence-electron chi connectivity index (χ1n) is 6.97. The third-order valence-corrected chi connectivity index (χ3v) is 4.21. The monoisotopic (exact) mass is 228 g/mol. The van der Waals surface area contributed by atoms with Crippen LogP contribution in [0.3, 0.4) is 0 Å². The summed E-state index contributed by atoms with van der Waals surface area (Å²) in [6, 6.07) is 0.708. The smallest absolute Gasteiger partial charge is 0.00644 e. The van der Waals surface area contributed by atoms with Crippen molar-refractivity contribution in [2.24, 2.45) is 5.41 Å². The highest BCUT2D eigenvalue weighted by Crippen LogP contribution is 2.27. The molecule has 0 heterocycles. The quantitative estimate of drug-likeness (QED) is 0.652. The van der Waals surface area contributed by atoms with Crippen LogP contribution in [0.2, 0.25) is 0 Å². The Hall–Kier alpha value is -0.0800. The van der Waals surface area contributed by atoms with Gasteiger partial charge in [0.25, 0.3) is 0 Å². The third kappa shape index (κ3) is 4.42. The first kappa shape index (κ1) is 15.9. The Morgan fingerprint density at radius 3 is 2.00 bits per heavy atom. The van der Waals surface area contributed by atoms with Crippen LogP contribution in [-0.4, -0.2) is 37.6 Å². The van der Waals surface area contributed by atoms with Crippen LogP contribution in [0, 0.1) is 5.41 Å². The minimum atomic E-state index is 0.453. The molecule has 0 rings (SSSR count). The lowest BCUT2D eigenvalue weighted by Gasteiger charge is -2.39. The highest BCUT2D eigenvalue weighted by atomic mass is 15.2. The van der Waals surface area contributed by atoms with E-state index in [1.54, 1.807) is 0 Å². The van der Waals surface area contributed by atoms with E-state index in [4.69, 9.17) is 0 Å². The van der Waals surface area contributed by atoms with Crippen molar-refractivity contribution in [3.8, 4) is 0 Å². The molecule has 0 bridgehead atoms. The topological polar surface area (TPSA) is 15.3 Å². The van der Waals surface area contributed by atoms with Gasteiger partial charge < -0.3 is 10.2 Å². The molecule has 0 aliphatic heterocycles. The van der Waals surface area contributed by atoms with Gasteiger partial charge in [0.15, 0.2) is 0 Å². The van der Waals surface area contributed by atoms with Gasteiger partial charge in [-0.1, -0.05) is 27.7 Å². The molecule has 2 nitrogen and oxygen atoms in total. The molecule has 0 aliphatic carbocycles. The molecule has 16 heavy (non-hydrogen) atoms. The normalized spacial score (nSPS) is 14.4. The summed E-state index contributed by atoms with van der Waals surface area (Å²) in [5.74, 6) is 0. The Balaban J connectivity index is 4.56. The Bertz CT molecular complexity index is 164. The SMILES string of the molecule is CCC(C)N(CC)CC(CC)(CC)CNC. The van der Waals surface area contributed by atoms with Gasteiger partial charge in [-0.2, -0.15) is 0 Å². The maximum atomic E-state index is 3.37. The van der Waals surface area contributed by atoms with Gasteiger partial charge in [-0.25, -0.2) is 0 Å². The Morgan fingerprint density at radius 2 is 1.69 bits per heavy atom. The van der Waals surface area contributed by atoms with E-state index >= 15 is 0 Å². The van der Waals surface area contributed by atoms with E-state index < -0.39 is 0 Å². The zero-order valence-electron chi connectivity index (χ0n) is 12.3. The molecule has 1 N–H and O–H groups in total. The predicted molar refractivity (Wildman–Crippen MR) is 73.9 cm³/mol. The predicted octanol–water partition coefficient (Wildman–Crippen LogP) is 3.13. The second kappa shape index (κ2) is 8.08. The van der Waals surface area contributed by atoms with E-state index in [0.717, 1.165) is 6.54 Å². The summed E-state index contributed by atoms with van der Waals surface area (Å²) < 4.78 is 0. The number of hydrogen-bond acceptors (Lipinski definition) is 2. The van der Waals surface area contributed by atoms with Gasteiger partial charge in [-0.15, -0.1) is 0 Å². The summed E-state index contributed by atoms with van der Waals surface area (Å²) in [6.07, 6.45) is 3.77. The molecule has 0 fully saturated rings. The summed E-state index contributed by atoms with van der Waals surface area (Å²) in [7, 11) is 2.07. The van der Waals surface area contributed by atoms with Crippen LogP contribution < -0.4 is 5.32 Å². The van der Waals surface area contributed by atoms with E-state index in [1.165, 1.54) is 32.4 Å². The van der Waals surface area contributed by atoms with E-state index in [-0.39, 0.29) is 0 Å². The first-order chi connectivity index (χ1) is 7.59. The summed E-state index contributed by atoms with van der Waals surface area (Å²) in [4.78, 5) is 2.63. The van der Waals surface area contributed by atoms with Gasteiger partial charge in [-0.05, 0) is 45.2 Å². The van der Waals surface area contributed by atoms with Crippen LogP contribution in [-0.2, 0) is 0 Å². The molecule has 98 valence electrons. The highest BCUT2D eigenvalue weighted by Gasteiger charge is 2.28. The summed E-state index contributed by atoms with van der Waals surface area (Å²) in [5, 5.41) is 3.37. The molecule has 1 unspecified atom stereocenters. The molecule has 0 aromatic heterocycles. The standard InChI is InChI=1S/C14H32N2/c1-7-13(5)16(10-4)12-14(8-2,9-3)11-15-6/h13,15H,7-12H2,1-6H3. The summed E-state index contributed by atoms with van der Waals surface area (Å²) >= 11 is 0. The lowest BCUT2D eigenvalue weighted by molar-refractivity contribution is 0.108. The Labute approximate surface area is 103 Å². The molecule has 0 spiro atoms. The van der Waals surface area contributed by atoms with E-state index in [1.807, 2.05) is 0 Å². The lowest BCUT2D eigenvalue weighted by atomic mass is 9.81. The molecule has 1 atom stereocenters. The molecule has 0 radical (unpaired) electrons. The lowest BCUT2D eigenvalue weighted by Crippen LogP contribution is -2.45. The zero-order valence-corrected chi connectivity index (χ0v) is 12.3. The fraction of sp³-hybridized carbons (Fsp3) is 1.00. The molecular weight excluding hydrogens is 196 g/mol. The van der Waals surface area contributed by atoms with Crippen molar-refractivity contribution < 1.29 is 0 Å². The highest BCUT2D eigenvalue weighted by molar-refractivity contribution is 4.83. The average Bonchev–Trinajstić information content (AvgIpc) is 2.33. The van der Waals surface area contributed by atoms with Crippen LogP contribution in [0.5, 0.6) is 0 Å². The number of rotatable bonds is 9. The fourth-order valence-corrected chi connectivity index (χ4v) is 2.42. The molecular formula is C14H32N2. The number of nitrogens with zero attached hydrogens (tertiary/aromatic N) is 1. The van der Waals surface area contributed by atoms with Crippen LogP contribution in [0.4, 0.5) is 0 Å². The van der Waals surface area contributed by atoms with Crippen LogP contribution in [0.15, 0.2) is 0 Å². The maximum Gasteiger partial charge on any atom is 0.00644 e. The molecule has 2 heteroatoms. The van der Waals surface area contributed by atoms with Gasteiger partial charge in [0, 0.05) is 19.1 Å². The minimum absolute atomic E-state index is 0.453. The Kier molecular flexibility index (Phi) is 8.04. The summed E-state index contributed by atoms with van der Waals surface area (Å²) in [5.41, 5.74) is 0.453. The van der Waals surface area contributed by atoms with Crippen molar-refractivity contribution in [3.05, 3.63) is 0 Å². The zero-order chi connectivity index (χ0) is 12.6. The number of nitrogens with one attached hydrogen (secondary N) is 1. The molecule has 0 aliphatic rings. The number of hydrogen-bond donors (Lipinski definition) is 1. The van der Waals surface area contributed by atoms with E-state index in [2.05, 4.69) is 51.9 Å². The fourth-order valence-electron chi connectivity index (χ4n) is 2.42. The third-order valence-electron chi connectivity index (χ3n) is 4.21. The van der Waals surface area contributed by atoms with Crippen LogP contribution in [0.25, 0.3) is 0 Å². The van der Waals surface area contributed by atoms with Gasteiger partial charge in [-0.3, -0.25) is 0 Å². The summed E-state index contributed by atoms with van der Waals surface area (Å²) in [6.45, 7) is 15.1. The molecule has 0 saturated heterocycles. The molecule has 0 amide bonds. The van der Waals surface area contributed by atoms with Crippen molar-refractivity contribution in [3.63, 3.8) is 0 Å². The van der Waals surface area contributed by atoms with Crippen LogP contribution >= 0.6 is 0 Å². The van der Waals surface area contributed by atoms with E-state index in [9.17, 15) is 0 Å². The van der Waals surface area contributed by atoms with E-state index in [0.29, 0.717) is 11.5 Å². The molecule has 0 aromatic rings. The van der Waals surface area contributed by atoms with Crippen molar-refractivity contribution in [1.29, 1.82) is 0 Å². The van der Waals surface area contributed by atoms with Crippen molar-refractivity contribution in [2.75, 3.05) is 26.7 Å². The largest absolute Gasteiger partial charge is 0.319 e. The van der Waals surface area contributed by atoms with Crippen LogP contribution in [0.1, 0.15) is 53.9 Å². The van der Waals surface area contributed by atoms with Gasteiger partial charge in [0.2, 0.25) is 0 Å². The van der Waals surface area contributed by atoms with Crippen molar-refractivity contribution >= 4 is 0 Å². The molecule has 0 aromatic carbocycles. The second-order valence-corrected chi connectivity index (χ2v) is 5.06. The maximum absolute atomic E-state index is 3.37. The van der Waals surface area contributed by atoms with Crippen molar-refractivity contribution in [2.45, 2.75) is 59.9 Å². The van der Waals surface area contributed by atoms with Gasteiger partial charge >= 0.3 is 0 Å².